The molecule has 1 spiro atoms. The average molecular weight is 871 g/mol. The van der Waals surface area contributed by atoms with E-state index in [0.29, 0.717) is 0 Å². The minimum Gasteiger partial charge on any atom is -0.457 e. The van der Waals surface area contributed by atoms with Crippen molar-refractivity contribution in [2.24, 2.45) is 0 Å². The maximum absolute atomic E-state index is 6.66. The van der Waals surface area contributed by atoms with Gasteiger partial charge in [0, 0.05) is 32.3 Å². The standard InChI is InChI=1S/C63H38N2OS/c1-2-13-39(14-3-1)40-29-31-44(32-30-40)62-64-59(61-60(65-62)50-19-6-11-24-57(50)67-61)47-17-12-16-45(37-47)41-25-27-42(28-26-41)46-33-35-49-54(38-46)63(53-36-34-43-15-4-5-18-48(43)58(49)53)51-20-7-9-22-55(51)66-56-23-10-8-21-52(56)63/h1-38H. The average Bonchev–Trinajstić information content (AvgIpc) is 3.92. The van der Waals surface area contributed by atoms with Crippen LogP contribution in [0, 0.1) is 0 Å². The fourth-order valence-corrected chi connectivity index (χ4v) is 12.1. The number of aromatic nitrogens is 2. The molecule has 4 heteroatoms. The zero-order valence-electron chi connectivity index (χ0n) is 36.2. The number of thiophene rings is 1. The molecule has 1 aliphatic heterocycles. The third-order valence-corrected chi connectivity index (χ3v) is 15.2. The van der Waals surface area contributed by atoms with Crippen molar-refractivity contribution < 1.29 is 4.74 Å². The lowest BCUT2D eigenvalue weighted by Crippen LogP contribution is -2.32. The molecule has 2 aromatic heterocycles. The molecule has 0 bridgehead atoms. The van der Waals surface area contributed by atoms with Gasteiger partial charge in [-0.1, -0.05) is 200 Å². The van der Waals surface area contributed by atoms with Gasteiger partial charge < -0.3 is 4.74 Å². The van der Waals surface area contributed by atoms with Crippen LogP contribution in [0.5, 0.6) is 11.5 Å². The number of ether oxygens (including phenoxy) is 1. The second-order valence-electron chi connectivity index (χ2n) is 17.6. The Bertz CT molecular complexity index is 3900. The van der Waals surface area contributed by atoms with Crippen molar-refractivity contribution in [1.82, 2.24) is 9.97 Å². The molecule has 3 heterocycles. The third kappa shape index (κ3) is 5.76. The molecule has 2 aliphatic rings. The minimum atomic E-state index is -0.553. The van der Waals surface area contributed by atoms with Gasteiger partial charge in [-0.3, -0.25) is 0 Å². The third-order valence-electron chi connectivity index (χ3n) is 14.0. The number of fused-ring (bicyclic) bond motifs is 14. The molecule has 0 saturated heterocycles. The highest BCUT2D eigenvalue weighted by atomic mass is 32.1. The van der Waals surface area contributed by atoms with Crippen molar-refractivity contribution in [3.8, 4) is 78.7 Å². The normalized spacial score (nSPS) is 13.0. The van der Waals surface area contributed by atoms with Crippen molar-refractivity contribution in [3.63, 3.8) is 0 Å². The highest BCUT2D eigenvalue weighted by Gasteiger charge is 2.51. The molecule has 0 unspecified atom stereocenters. The second-order valence-corrected chi connectivity index (χ2v) is 18.6. The van der Waals surface area contributed by atoms with E-state index in [4.69, 9.17) is 14.7 Å². The van der Waals surface area contributed by atoms with E-state index in [1.54, 1.807) is 11.3 Å². The van der Waals surface area contributed by atoms with E-state index in [9.17, 15) is 0 Å². The van der Waals surface area contributed by atoms with Crippen LogP contribution in [-0.4, -0.2) is 9.97 Å². The van der Waals surface area contributed by atoms with Gasteiger partial charge in [-0.2, -0.15) is 0 Å². The van der Waals surface area contributed by atoms with Crippen LogP contribution in [0.3, 0.4) is 0 Å². The van der Waals surface area contributed by atoms with Gasteiger partial charge in [-0.05, 0) is 96.7 Å². The fourth-order valence-electron chi connectivity index (χ4n) is 10.9. The molecule has 10 aromatic carbocycles. The quantitative estimate of drug-likeness (QED) is 0.173. The number of hydrogen-bond donors (Lipinski definition) is 0. The Labute approximate surface area is 391 Å². The molecule has 1 aliphatic carbocycles. The van der Waals surface area contributed by atoms with E-state index in [2.05, 4.69) is 224 Å². The maximum atomic E-state index is 6.66. The molecule has 0 fully saturated rings. The van der Waals surface area contributed by atoms with E-state index in [1.165, 1.54) is 65.5 Å². The lowest BCUT2D eigenvalue weighted by atomic mass is 9.66. The molecule has 0 radical (unpaired) electrons. The largest absolute Gasteiger partial charge is 0.457 e. The van der Waals surface area contributed by atoms with Gasteiger partial charge in [0.25, 0.3) is 0 Å². The summed E-state index contributed by atoms with van der Waals surface area (Å²) in [5, 5.41) is 3.66. The van der Waals surface area contributed by atoms with Crippen molar-refractivity contribution in [2.45, 2.75) is 5.41 Å². The topological polar surface area (TPSA) is 35.0 Å². The molecule has 312 valence electrons. The van der Waals surface area contributed by atoms with E-state index >= 15 is 0 Å². The predicted octanol–water partition coefficient (Wildman–Crippen LogP) is 16.8. The Balaban J connectivity index is 0.871. The Morgan fingerprint density at radius 1 is 0.373 bits per heavy atom. The Morgan fingerprint density at radius 3 is 1.70 bits per heavy atom. The van der Waals surface area contributed by atoms with Gasteiger partial charge >= 0.3 is 0 Å². The van der Waals surface area contributed by atoms with Gasteiger partial charge in [-0.25, -0.2) is 9.97 Å². The first-order valence-electron chi connectivity index (χ1n) is 22.8. The SMILES string of the molecule is c1ccc(-c2ccc(-c3nc(-c4cccc(-c5ccc(-c6ccc7c(c6)C6(c8ccccc8Oc8ccccc86)c6ccc8ccccc8c6-7)cc5)c4)c4sc5ccccc5c4n3)cc2)cc1. The van der Waals surface area contributed by atoms with Crippen LogP contribution in [0.15, 0.2) is 231 Å². The molecule has 0 N–H and O–H groups in total. The number of rotatable bonds is 5. The first-order chi connectivity index (χ1) is 33.2. The van der Waals surface area contributed by atoms with Crippen LogP contribution in [0.2, 0.25) is 0 Å². The van der Waals surface area contributed by atoms with Gasteiger partial charge in [0.15, 0.2) is 5.82 Å². The minimum absolute atomic E-state index is 0.553. The zero-order valence-corrected chi connectivity index (χ0v) is 37.0. The summed E-state index contributed by atoms with van der Waals surface area (Å²) in [5.41, 5.74) is 17.9. The first-order valence-corrected chi connectivity index (χ1v) is 23.6. The van der Waals surface area contributed by atoms with Crippen molar-refractivity contribution >= 4 is 42.4 Å². The Morgan fingerprint density at radius 2 is 0.940 bits per heavy atom. The molecular formula is C63H38N2OS. The van der Waals surface area contributed by atoms with Crippen LogP contribution in [-0.2, 0) is 5.41 Å². The van der Waals surface area contributed by atoms with Crippen LogP contribution in [0.4, 0.5) is 0 Å². The number of nitrogens with zero attached hydrogens (tertiary/aromatic N) is 2. The summed E-state index contributed by atoms with van der Waals surface area (Å²) in [6.07, 6.45) is 0. The highest BCUT2D eigenvalue weighted by Crippen LogP contribution is 2.63. The monoisotopic (exact) mass is 870 g/mol. The van der Waals surface area contributed by atoms with Gasteiger partial charge in [0.2, 0.25) is 0 Å². The summed E-state index contributed by atoms with van der Waals surface area (Å²) >= 11 is 1.76. The number of benzene rings is 10. The molecular weight excluding hydrogens is 833 g/mol. The van der Waals surface area contributed by atoms with E-state index in [0.717, 1.165) is 66.4 Å². The number of para-hydroxylation sites is 2. The molecule has 3 nitrogen and oxygen atoms in total. The Hall–Kier alpha value is -8.44. The maximum Gasteiger partial charge on any atom is 0.160 e. The van der Waals surface area contributed by atoms with Gasteiger partial charge in [-0.15, -0.1) is 11.3 Å². The van der Waals surface area contributed by atoms with Crippen molar-refractivity contribution in [3.05, 3.63) is 253 Å². The van der Waals surface area contributed by atoms with E-state index < -0.39 is 5.41 Å². The predicted molar refractivity (Wildman–Crippen MR) is 277 cm³/mol. The van der Waals surface area contributed by atoms with E-state index in [1.807, 2.05) is 6.07 Å². The first kappa shape index (κ1) is 37.9. The van der Waals surface area contributed by atoms with Crippen molar-refractivity contribution in [1.29, 1.82) is 0 Å². The van der Waals surface area contributed by atoms with Crippen molar-refractivity contribution in [2.75, 3.05) is 0 Å². The Kier molecular flexibility index (Phi) is 8.37. The van der Waals surface area contributed by atoms with E-state index in [-0.39, 0.29) is 0 Å². The summed E-state index contributed by atoms with van der Waals surface area (Å²) < 4.78 is 8.96. The highest BCUT2D eigenvalue weighted by molar-refractivity contribution is 7.26. The van der Waals surface area contributed by atoms with Crippen LogP contribution in [0.1, 0.15) is 22.3 Å². The molecule has 0 saturated carbocycles. The van der Waals surface area contributed by atoms with Crippen LogP contribution >= 0.6 is 11.3 Å². The summed E-state index contributed by atoms with van der Waals surface area (Å²) in [6.45, 7) is 0. The molecule has 0 amide bonds. The van der Waals surface area contributed by atoms with Gasteiger partial charge in [0.05, 0.1) is 21.3 Å². The summed E-state index contributed by atoms with van der Waals surface area (Å²) in [7, 11) is 0. The van der Waals surface area contributed by atoms with Gasteiger partial charge in [0.1, 0.15) is 11.5 Å². The van der Waals surface area contributed by atoms with Crippen LogP contribution < -0.4 is 4.74 Å². The molecule has 14 rings (SSSR count). The fraction of sp³-hybridized carbons (Fsp3) is 0.0159. The summed E-state index contributed by atoms with van der Waals surface area (Å²) in [5.74, 6) is 2.52. The summed E-state index contributed by atoms with van der Waals surface area (Å²) in [4.78, 5) is 10.6. The molecule has 12 aromatic rings. The lowest BCUT2D eigenvalue weighted by Gasteiger charge is -2.39. The number of hydrogen-bond acceptors (Lipinski definition) is 4. The second kappa shape index (κ2) is 14.8. The molecule has 67 heavy (non-hydrogen) atoms. The smallest absolute Gasteiger partial charge is 0.160 e. The summed E-state index contributed by atoms with van der Waals surface area (Å²) in [6, 6.07) is 83.2. The van der Waals surface area contributed by atoms with Crippen LogP contribution in [0.25, 0.3) is 98.2 Å². The lowest BCUT2D eigenvalue weighted by molar-refractivity contribution is 0.436. The molecule has 0 atom stereocenters. The zero-order chi connectivity index (χ0) is 44.1.